The molecule has 9 amide bonds. The summed E-state index contributed by atoms with van der Waals surface area (Å²) < 4.78 is 28.9. The number of nitrogens with one attached hydrogen (secondary N) is 4. The number of imide groups is 1. The Bertz CT molecular complexity index is 3940. The van der Waals surface area contributed by atoms with Crippen LogP contribution in [0.1, 0.15) is 121 Å². The van der Waals surface area contributed by atoms with Crippen molar-refractivity contribution in [2.75, 3.05) is 51.2 Å². The van der Waals surface area contributed by atoms with Gasteiger partial charge in [0.15, 0.2) is 17.3 Å². The molecule has 5 heterocycles. The zero-order valence-electron chi connectivity index (χ0n) is 54.2. The molecule has 4 atom stereocenters. The number of urea groups is 1. The summed E-state index contributed by atoms with van der Waals surface area (Å²) in [6.45, 7) is 6.45. The van der Waals surface area contributed by atoms with E-state index in [2.05, 4.69) is 21.3 Å². The molecule has 6 N–H and O–H groups in total. The Morgan fingerprint density at radius 2 is 1.24 bits per heavy atom. The molecular weight excluding hydrogens is 1230 g/mol. The molecule has 5 aliphatic rings. The summed E-state index contributed by atoms with van der Waals surface area (Å²) in [6.07, 6.45) is 12.8. The third-order valence-corrected chi connectivity index (χ3v) is 17.2. The van der Waals surface area contributed by atoms with Crippen LogP contribution in [-0.4, -0.2) is 139 Å². The van der Waals surface area contributed by atoms with Crippen molar-refractivity contribution in [3.05, 3.63) is 155 Å². The van der Waals surface area contributed by atoms with Crippen molar-refractivity contribution in [1.82, 2.24) is 25.3 Å². The lowest BCUT2D eigenvalue weighted by Crippen LogP contribution is -2.45. The highest BCUT2D eigenvalue weighted by Gasteiger charge is 2.36. The molecule has 0 spiro atoms. The quantitative estimate of drug-likeness (QED) is 0.0211. The number of primary amides is 1. The standard InChI is InChI=1S/C72H78N10O14/c1-43(2)67(79-64(84)12-7-6-8-28-80-65(85)25-26-66(80)86)60(83)34-48(11-9-27-74-71(73)90)68(87)77-51-19-13-45(14-20-51)42-96-72(91)78-52-21-15-46(16-22-52)49-32-54-39-76-59-37-63(62(93-5)35-57(59)70(89)82(54)40-49)95-30-10-29-94-61-36-58-56(31-44(61)3)69(88)81-41-50(33-53(81)38-75-58)47-17-23-55(92-4)24-18-47/h13-26,31,35-41,43,48,53-54,67H,6-12,27-30,32-34,42H2,1-5H3,(H,77,87)(H,78,91)(H,79,84)(H3,73,74,90)/t48-,53+,54-,67+/m1/s1. The van der Waals surface area contributed by atoms with Gasteiger partial charge in [0.1, 0.15) is 18.1 Å². The van der Waals surface area contributed by atoms with Crippen molar-refractivity contribution in [1.29, 1.82) is 0 Å². The first-order valence-electron chi connectivity index (χ1n) is 32.1. The molecule has 0 saturated heterocycles. The fourth-order valence-corrected chi connectivity index (χ4v) is 11.9. The number of ether oxygens (including phenoxy) is 5. The van der Waals surface area contributed by atoms with Gasteiger partial charge in [-0.1, -0.05) is 56.7 Å². The molecule has 24 nitrogen and oxygen atoms in total. The Hall–Kier alpha value is -10.9. The third kappa shape index (κ3) is 16.9. The van der Waals surface area contributed by atoms with Crippen LogP contribution < -0.4 is 45.9 Å². The van der Waals surface area contributed by atoms with E-state index in [4.69, 9.17) is 39.4 Å². The van der Waals surface area contributed by atoms with Crippen LogP contribution in [0, 0.1) is 18.8 Å². The molecule has 0 aliphatic carbocycles. The summed E-state index contributed by atoms with van der Waals surface area (Å²) in [4.78, 5) is 131. The highest BCUT2D eigenvalue weighted by atomic mass is 16.5. The van der Waals surface area contributed by atoms with Gasteiger partial charge >= 0.3 is 12.1 Å². The van der Waals surface area contributed by atoms with Gasteiger partial charge in [-0.15, -0.1) is 0 Å². The molecular formula is C72H78N10O14. The highest BCUT2D eigenvalue weighted by Crippen LogP contribution is 2.41. The van der Waals surface area contributed by atoms with E-state index in [0.29, 0.717) is 108 Å². The summed E-state index contributed by atoms with van der Waals surface area (Å²) in [5.41, 5.74) is 13.2. The fraction of sp³-hybridized carbons (Fsp3) is 0.347. The minimum Gasteiger partial charge on any atom is -0.497 e. The van der Waals surface area contributed by atoms with Crippen LogP contribution in [0.15, 0.2) is 132 Å². The second-order valence-corrected chi connectivity index (χ2v) is 24.3. The van der Waals surface area contributed by atoms with Gasteiger partial charge in [0.25, 0.3) is 23.6 Å². The van der Waals surface area contributed by atoms with Crippen LogP contribution in [0.5, 0.6) is 23.0 Å². The van der Waals surface area contributed by atoms with Crippen LogP contribution >= 0.6 is 0 Å². The minimum atomic E-state index is -0.862. The molecule has 0 aromatic heterocycles. The van der Waals surface area contributed by atoms with Crippen LogP contribution in [-0.2, 0) is 35.3 Å². The topological polar surface area (TPSA) is 308 Å². The number of hydrogen-bond acceptors (Lipinski definition) is 16. The zero-order chi connectivity index (χ0) is 68.0. The Morgan fingerprint density at radius 1 is 0.656 bits per heavy atom. The Labute approximate surface area is 556 Å². The van der Waals surface area contributed by atoms with Gasteiger partial charge in [-0.2, -0.15) is 0 Å². The van der Waals surface area contributed by atoms with E-state index in [1.807, 2.05) is 74.1 Å². The molecule has 0 bridgehead atoms. The number of carbonyl (C=O) groups excluding carboxylic acids is 9. The number of benzene rings is 5. The molecule has 96 heavy (non-hydrogen) atoms. The van der Waals surface area contributed by atoms with Gasteiger partial charge in [0.05, 0.1) is 68.1 Å². The molecule has 5 aliphatic heterocycles. The number of fused-ring (bicyclic) bond motifs is 4. The first-order valence-corrected chi connectivity index (χ1v) is 32.1. The summed E-state index contributed by atoms with van der Waals surface area (Å²) in [5.74, 6) is -1.11. The zero-order valence-corrected chi connectivity index (χ0v) is 54.2. The number of carbonyl (C=O) groups is 9. The van der Waals surface area contributed by atoms with E-state index in [1.54, 1.807) is 85.5 Å². The molecule has 5 aromatic carbocycles. The van der Waals surface area contributed by atoms with Crippen molar-refractivity contribution in [3.63, 3.8) is 0 Å². The van der Waals surface area contributed by atoms with Crippen LogP contribution in [0.3, 0.4) is 0 Å². The number of methoxy groups -OCH3 is 2. The average Bonchev–Trinajstić information content (AvgIpc) is 1.62. The molecule has 0 saturated carbocycles. The van der Waals surface area contributed by atoms with E-state index < -0.39 is 30.0 Å². The van der Waals surface area contributed by atoms with Gasteiger partial charge in [0, 0.05) is 112 Å². The van der Waals surface area contributed by atoms with Gasteiger partial charge in [-0.3, -0.25) is 53.8 Å². The number of aliphatic imine (C=N–C) groups is 2. The second kappa shape index (κ2) is 31.3. The van der Waals surface area contributed by atoms with Gasteiger partial charge < -0.3 is 55.2 Å². The van der Waals surface area contributed by atoms with Crippen molar-refractivity contribution >= 4 is 99.7 Å². The normalized spacial score (nSPS) is 16.5. The molecule has 24 heteroatoms. The molecule has 0 unspecified atom stereocenters. The van der Waals surface area contributed by atoms with E-state index in [0.717, 1.165) is 38.5 Å². The summed E-state index contributed by atoms with van der Waals surface area (Å²) >= 11 is 0. The summed E-state index contributed by atoms with van der Waals surface area (Å²) in [7, 11) is 3.14. The molecule has 10 rings (SSSR count). The monoisotopic (exact) mass is 1310 g/mol. The second-order valence-electron chi connectivity index (χ2n) is 24.3. The van der Waals surface area contributed by atoms with Crippen molar-refractivity contribution in [3.8, 4) is 23.0 Å². The summed E-state index contributed by atoms with van der Waals surface area (Å²) in [6, 6.07) is 26.4. The first-order chi connectivity index (χ1) is 46.3. The predicted octanol–water partition coefficient (Wildman–Crippen LogP) is 10.1. The number of nitrogens with zero attached hydrogens (tertiary/aromatic N) is 5. The maximum atomic E-state index is 14.2. The predicted molar refractivity (Wildman–Crippen MR) is 361 cm³/mol. The average molecular weight is 1310 g/mol. The van der Waals surface area contributed by atoms with Gasteiger partial charge in [-0.05, 0) is 120 Å². The smallest absolute Gasteiger partial charge is 0.411 e. The Kier molecular flexibility index (Phi) is 22.2. The lowest BCUT2D eigenvalue weighted by atomic mass is 9.89. The number of ketones is 1. The number of amides is 9. The lowest BCUT2D eigenvalue weighted by molar-refractivity contribution is -0.137. The van der Waals surface area contributed by atoms with E-state index in [-0.39, 0.29) is 98.9 Å². The Balaban J connectivity index is 0.662. The SMILES string of the molecule is COc1ccc(C2=CN3C(=O)c4cc(C)c(OCCCOc5cc6c(cc5OC)C(=O)N5C=C(c7ccc(NC(=O)OCc8ccc(NC(=O)[C@H](CCCNC(N)=O)CC(=O)[C@@H](NC(=O)CCCCCN9C(=O)C=CC9=O)C(C)C)cc8)cc7)C[C@@H]5C=N6)cc4N=C[C@@H]3C2)cc1. The van der Waals surface area contributed by atoms with Crippen molar-refractivity contribution in [2.24, 2.45) is 27.6 Å². The fourth-order valence-electron chi connectivity index (χ4n) is 11.9. The first kappa shape index (κ1) is 68.0. The summed E-state index contributed by atoms with van der Waals surface area (Å²) in [5, 5.41) is 10.9. The third-order valence-electron chi connectivity index (χ3n) is 17.2. The number of anilines is 2. The number of nitrogens with two attached hydrogens (primary N) is 1. The maximum absolute atomic E-state index is 14.2. The van der Waals surface area contributed by atoms with Crippen LogP contribution in [0.2, 0.25) is 0 Å². The largest absolute Gasteiger partial charge is 0.497 e. The number of hydrogen-bond donors (Lipinski definition) is 5. The number of rotatable bonds is 30. The van der Waals surface area contributed by atoms with E-state index in [9.17, 15) is 43.2 Å². The molecule has 0 radical (unpaired) electrons. The molecule has 5 aromatic rings. The van der Waals surface area contributed by atoms with Crippen LogP contribution in [0.4, 0.5) is 32.3 Å². The Morgan fingerprint density at radius 3 is 1.84 bits per heavy atom. The van der Waals surface area contributed by atoms with Gasteiger partial charge in [-0.25, -0.2) is 9.59 Å². The molecule has 0 fully saturated rings. The number of aryl methyl sites for hydroxylation is 1. The van der Waals surface area contributed by atoms with Crippen molar-refractivity contribution < 1.29 is 66.8 Å². The number of unbranched alkanes of at least 4 members (excludes halogenated alkanes) is 2. The highest BCUT2D eigenvalue weighted by molar-refractivity contribution is 6.13. The lowest BCUT2D eigenvalue weighted by Gasteiger charge is -2.24. The van der Waals surface area contributed by atoms with Gasteiger partial charge in [0.2, 0.25) is 11.8 Å². The minimum absolute atomic E-state index is 0.0888. The van der Waals surface area contributed by atoms with E-state index >= 15 is 0 Å². The van der Waals surface area contributed by atoms with Crippen molar-refractivity contribution in [2.45, 2.75) is 110 Å². The molecule has 500 valence electrons. The van der Waals surface area contributed by atoms with E-state index in [1.165, 1.54) is 19.3 Å². The van der Waals surface area contributed by atoms with Crippen LogP contribution in [0.25, 0.3) is 11.1 Å². The maximum Gasteiger partial charge on any atom is 0.411 e. The number of Topliss-reactive ketones (excluding diaryl/α,β-unsaturated/α-hetero) is 1.